The number of amides is 1. The highest BCUT2D eigenvalue weighted by atomic mass is 19.4. The zero-order valence-corrected chi connectivity index (χ0v) is 22.1. The largest absolute Gasteiger partial charge is 0.490 e. The van der Waals surface area contributed by atoms with Crippen molar-refractivity contribution in [2.45, 2.75) is 6.18 Å². The first-order valence-electron chi connectivity index (χ1n) is 12.7. The Morgan fingerprint density at radius 2 is 1.49 bits per heavy atom. The van der Waals surface area contributed by atoms with E-state index < -0.39 is 12.1 Å². The van der Waals surface area contributed by atoms with Crippen LogP contribution in [0.25, 0.3) is 33.2 Å². The number of halogens is 3. The van der Waals surface area contributed by atoms with Gasteiger partial charge in [0, 0.05) is 39.5 Å². The smallest absolute Gasteiger partial charge is 0.475 e. The van der Waals surface area contributed by atoms with Crippen molar-refractivity contribution in [1.29, 1.82) is 0 Å². The summed E-state index contributed by atoms with van der Waals surface area (Å²) in [6.45, 7) is 0. The van der Waals surface area contributed by atoms with Crippen molar-refractivity contribution >= 4 is 56.7 Å². The SMILES string of the molecule is Nc1ccccc1C(=O)Nc1cccc(Nc2cc(-c3cccc4c3oc3ccccc34)ncn2)c1.O=C(O)C(F)(F)F. The molecule has 2 heterocycles. The number of alkyl halides is 3. The lowest BCUT2D eigenvalue weighted by atomic mass is 10.1. The zero-order valence-electron chi connectivity index (χ0n) is 22.1. The highest BCUT2D eigenvalue weighted by Gasteiger charge is 2.38. The summed E-state index contributed by atoms with van der Waals surface area (Å²) in [4.78, 5) is 30.4. The quantitative estimate of drug-likeness (QED) is 0.155. The van der Waals surface area contributed by atoms with Crippen LogP contribution in [0.5, 0.6) is 0 Å². The van der Waals surface area contributed by atoms with E-state index in [9.17, 15) is 18.0 Å². The molecule has 0 atom stereocenters. The number of carboxylic acids is 1. The number of anilines is 4. The number of rotatable bonds is 5. The van der Waals surface area contributed by atoms with Crippen LogP contribution in [0.4, 0.5) is 36.1 Å². The maximum atomic E-state index is 12.6. The van der Waals surface area contributed by atoms with Gasteiger partial charge in [-0.1, -0.05) is 48.5 Å². The minimum Gasteiger partial charge on any atom is -0.475 e. The van der Waals surface area contributed by atoms with Gasteiger partial charge in [-0.25, -0.2) is 14.8 Å². The monoisotopic (exact) mass is 585 g/mol. The predicted octanol–water partition coefficient (Wildman–Crippen LogP) is 7.25. The van der Waals surface area contributed by atoms with E-state index in [0.29, 0.717) is 22.8 Å². The fourth-order valence-electron chi connectivity index (χ4n) is 4.25. The Kier molecular flexibility index (Phi) is 7.92. The van der Waals surface area contributed by atoms with Gasteiger partial charge in [0.25, 0.3) is 5.91 Å². The molecule has 6 aromatic rings. The fraction of sp³-hybridized carbons (Fsp3) is 0.0323. The summed E-state index contributed by atoms with van der Waals surface area (Å²) in [5.74, 6) is -2.41. The van der Waals surface area contributed by atoms with Gasteiger partial charge in [-0.3, -0.25) is 4.79 Å². The van der Waals surface area contributed by atoms with E-state index in [1.54, 1.807) is 24.3 Å². The summed E-state index contributed by atoms with van der Waals surface area (Å²) in [5.41, 5.74) is 11.4. The molecule has 0 aliphatic carbocycles. The highest BCUT2D eigenvalue weighted by Crippen LogP contribution is 2.35. The summed E-state index contributed by atoms with van der Waals surface area (Å²) >= 11 is 0. The zero-order chi connectivity index (χ0) is 30.6. The van der Waals surface area contributed by atoms with Crippen LogP contribution in [0.1, 0.15) is 10.4 Å². The maximum absolute atomic E-state index is 12.6. The van der Waals surface area contributed by atoms with Gasteiger partial charge in [0.2, 0.25) is 0 Å². The van der Waals surface area contributed by atoms with Crippen molar-refractivity contribution in [3.05, 3.63) is 109 Å². The second-order valence-electron chi connectivity index (χ2n) is 9.12. The molecule has 0 spiro atoms. The molecule has 0 saturated carbocycles. The first kappa shape index (κ1) is 28.6. The molecular formula is C31H22F3N5O4. The number of aromatic nitrogens is 2. The Hall–Kier alpha value is -5.91. The lowest BCUT2D eigenvalue weighted by Gasteiger charge is -2.11. The number of carboxylic acid groups (broad SMARTS) is 1. The molecule has 0 radical (unpaired) electrons. The van der Waals surface area contributed by atoms with Crippen LogP contribution < -0.4 is 16.4 Å². The summed E-state index contributed by atoms with van der Waals surface area (Å²) < 4.78 is 37.9. The van der Waals surface area contributed by atoms with Crippen molar-refractivity contribution in [2.24, 2.45) is 0 Å². The minimum atomic E-state index is -5.08. The number of nitrogen functional groups attached to an aromatic ring is 1. The van der Waals surface area contributed by atoms with Gasteiger partial charge in [-0.05, 0) is 42.5 Å². The van der Waals surface area contributed by atoms with Crippen LogP contribution in [-0.4, -0.2) is 33.1 Å². The van der Waals surface area contributed by atoms with Gasteiger partial charge in [-0.2, -0.15) is 13.2 Å². The standard InChI is InChI=1S/C29H21N5O2.C2HF3O2/c30-24-13-3-1-10-22(24)29(35)34-19-8-5-7-18(15-19)33-27-16-25(31-17-32-27)23-12-6-11-21-20-9-2-4-14-26(20)36-28(21)23;3-2(4,5)1(6)7/h1-17H,30H2,(H,34,35)(H,31,32,33);(H,6,7). The third-order valence-corrected chi connectivity index (χ3v) is 6.19. The van der Waals surface area contributed by atoms with Crippen LogP contribution >= 0.6 is 0 Å². The normalized spacial score (nSPS) is 11.0. The Morgan fingerprint density at radius 3 is 2.26 bits per heavy atom. The molecule has 43 heavy (non-hydrogen) atoms. The fourth-order valence-corrected chi connectivity index (χ4v) is 4.25. The molecule has 0 bridgehead atoms. The Balaban J connectivity index is 0.000000472. The van der Waals surface area contributed by atoms with Crippen molar-refractivity contribution < 1.29 is 32.3 Å². The number of nitrogens with zero attached hydrogens (tertiary/aromatic N) is 2. The Bertz CT molecular complexity index is 1960. The van der Waals surface area contributed by atoms with E-state index in [4.69, 9.17) is 20.1 Å². The molecule has 6 rings (SSSR count). The van der Waals surface area contributed by atoms with E-state index in [0.717, 1.165) is 38.9 Å². The molecule has 0 aliphatic rings. The number of furan rings is 1. The molecule has 9 nitrogen and oxygen atoms in total. The molecule has 5 N–H and O–H groups in total. The molecule has 0 saturated heterocycles. The van der Waals surface area contributed by atoms with Crippen molar-refractivity contribution in [3.63, 3.8) is 0 Å². The van der Waals surface area contributed by atoms with Crippen LogP contribution in [-0.2, 0) is 4.79 Å². The molecule has 12 heteroatoms. The molecule has 0 fully saturated rings. The first-order chi connectivity index (χ1) is 20.6. The minimum absolute atomic E-state index is 0.270. The van der Waals surface area contributed by atoms with E-state index in [2.05, 4.69) is 26.7 Å². The van der Waals surface area contributed by atoms with Crippen LogP contribution in [0.3, 0.4) is 0 Å². The number of carbonyl (C=O) groups is 2. The number of para-hydroxylation sites is 3. The summed E-state index contributed by atoms with van der Waals surface area (Å²) in [7, 11) is 0. The predicted molar refractivity (Wildman–Crippen MR) is 157 cm³/mol. The third kappa shape index (κ3) is 6.54. The molecule has 0 aliphatic heterocycles. The van der Waals surface area contributed by atoms with E-state index in [-0.39, 0.29) is 5.91 Å². The number of nitrogens with two attached hydrogens (primary N) is 1. The topological polar surface area (TPSA) is 143 Å². The van der Waals surface area contributed by atoms with E-state index >= 15 is 0 Å². The van der Waals surface area contributed by atoms with Crippen LogP contribution in [0.2, 0.25) is 0 Å². The number of hydrogen-bond acceptors (Lipinski definition) is 7. The van der Waals surface area contributed by atoms with Gasteiger partial charge in [0.15, 0.2) is 0 Å². The van der Waals surface area contributed by atoms with Crippen molar-refractivity contribution in [3.8, 4) is 11.3 Å². The molecular weight excluding hydrogens is 563 g/mol. The number of fused-ring (bicyclic) bond motifs is 3. The second kappa shape index (κ2) is 11.9. The molecule has 216 valence electrons. The van der Waals surface area contributed by atoms with Gasteiger partial charge >= 0.3 is 12.1 Å². The summed E-state index contributed by atoms with van der Waals surface area (Å²) in [5, 5.41) is 15.4. The average molecular weight is 586 g/mol. The van der Waals surface area contributed by atoms with E-state index in [1.807, 2.05) is 66.7 Å². The molecule has 0 unspecified atom stereocenters. The number of nitrogens with one attached hydrogen (secondary N) is 2. The van der Waals surface area contributed by atoms with Gasteiger partial charge < -0.3 is 25.9 Å². The van der Waals surface area contributed by atoms with Crippen LogP contribution in [0, 0.1) is 0 Å². The number of aliphatic carboxylic acids is 1. The number of hydrogen-bond donors (Lipinski definition) is 4. The highest BCUT2D eigenvalue weighted by molar-refractivity contribution is 6.09. The van der Waals surface area contributed by atoms with Crippen molar-refractivity contribution in [1.82, 2.24) is 9.97 Å². The second-order valence-corrected chi connectivity index (χ2v) is 9.12. The summed E-state index contributed by atoms with van der Waals surface area (Å²) in [6.07, 6.45) is -3.57. The maximum Gasteiger partial charge on any atom is 0.490 e. The Labute approximate surface area is 241 Å². The first-order valence-corrected chi connectivity index (χ1v) is 12.7. The molecule has 1 amide bonds. The molecule has 4 aromatic carbocycles. The molecule has 2 aromatic heterocycles. The van der Waals surface area contributed by atoms with E-state index in [1.165, 1.54) is 6.33 Å². The van der Waals surface area contributed by atoms with Crippen molar-refractivity contribution in [2.75, 3.05) is 16.4 Å². The number of benzene rings is 4. The third-order valence-electron chi connectivity index (χ3n) is 6.19. The summed E-state index contributed by atoms with van der Waals surface area (Å²) in [6, 6.07) is 30.2. The van der Waals surface area contributed by atoms with Gasteiger partial charge in [0.05, 0.1) is 11.3 Å². The Morgan fingerprint density at radius 1 is 0.814 bits per heavy atom. The van der Waals surface area contributed by atoms with Crippen LogP contribution in [0.15, 0.2) is 108 Å². The average Bonchev–Trinajstić information content (AvgIpc) is 3.36. The number of carbonyl (C=O) groups excluding carboxylic acids is 1. The lowest BCUT2D eigenvalue weighted by Crippen LogP contribution is -2.21. The lowest BCUT2D eigenvalue weighted by molar-refractivity contribution is -0.192. The van der Waals surface area contributed by atoms with Gasteiger partial charge in [0.1, 0.15) is 23.3 Å². The van der Waals surface area contributed by atoms with Gasteiger partial charge in [-0.15, -0.1) is 0 Å².